The predicted molar refractivity (Wildman–Crippen MR) is 115 cm³/mol. The summed E-state index contributed by atoms with van der Waals surface area (Å²) in [5.41, 5.74) is 4.76. The van der Waals surface area contributed by atoms with E-state index >= 15 is 0 Å². The molecule has 0 aliphatic carbocycles. The van der Waals surface area contributed by atoms with Crippen molar-refractivity contribution in [1.29, 1.82) is 0 Å². The number of ether oxygens (including phenoxy) is 1. The first-order valence-corrected chi connectivity index (χ1v) is 9.63. The van der Waals surface area contributed by atoms with E-state index in [1.165, 1.54) is 0 Å². The molecule has 7 heteroatoms. The second-order valence-corrected chi connectivity index (χ2v) is 6.55. The second kappa shape index (κ2) is 8.97. The Morgan fingerprint density at radius 1 is 1.03 bits per heavy atom. The van der Waals surface area contributed by atoms with Crippen LogP contribution in [0.2, 0.25) is 0 Å². The highest BCUT2D eigenvalue weighted by Gasteiger charge is 2.10. The highest BCUT2D eigenvalue weighted by Crippen LogP contribution is 2.23. The molecule has 1 heterocycles. The van der Waals surface area contributed by atoms with Gasteiger partial charge in [-0.05, 0) is 58.1 Å². The minimum atomic E-state index is 0.442. The van der Waals surface area contributed by atoms with Gasteiger partial charge in [-0.1, -0.05) is 54.8 Å². The maximum Gasteiger partial charge on any atom is 0.268 e. The molecule has 0 saturated carbocycles. The van der Waals surface area contributed by atoms with E-state index in [0.717, 1.165) is 47.2 Å². The number of hydrogen-bond acceptors (Lipinski definition) is 6. The topological polar surface area (TPSA) is 77.2 Å². The van der Waals surface area contributed by atoms with E-state index in [-0.39, 0.29) is 0 Å². The highest BCUT2D eigenvalue weighted by atomic mass is 16.5. The van der Waals surface area contributed by atoms with Crippen LogP contribution >= 0.6 is 0 Å². The fourth-order valence-corrected chi connectivity index (χ4v) is 2.96. The van der Waals surface area contributed by atoms with Gasteiger partial charge >= 0.3 is 0 Å². The third-order valence-corrected chi connectivity index (χ3v) is 4.49. The molecule has 0 fully saturated rings. The zero-order chi connectivity index (χ0) is 19.9. The van der Waals surface area contributed by atoms with Crippen molar-refractivity contribution < 1.29 is 4.74 Å². The summed E-state index contributed by atoms with van der Waals surface area (Å²) in [5.74, 6) is 1.31. The molecule has 146 valence electrons. The molecule has 0 spiro atoms. The van der Waals surface area contributed by atoms with Crippen LogP contribution in [0.15, 0.2) is 71.8 Å². The van der Waals surface area contributed by atoms with Crippen molar-refractivity contribution in [3.8, 4) is 11.4 Å². The average molecular weight is 386 g/mol. The minimum Gasteiger partial charge on any atom is -0.494 e. The smallest absolute Gasteiger partial charge is 0.268 e. The van der Waals surface area contributed by atoms with E-state index in [9.17, 15) is 0 Å². The summed E-state index contributed by atoms with van der Waals surface area (Å²) < 4.78 is 7.32. The molecular weight excluding hydrogens is 364 g/mol. The zero-order valence-corrected chi connectivity index (χ0v) is 16.2. The van der Waals surface area contributed by atoms with Gasteiger partial charge in [0.2, 0.25) is 0 Å². The highest BCUT2D eigenvalue weighted by molar-refractivity contribution is 5.90. The molecule has 1 N–H and O–H groups in total. The number of nitrogens with zero attached hydrogens (tertiary/aromatic N) is 5. The number of tetrazole rings is 1. The first-order chi connectivity index (χ1) is 14.3. The van der Waals surface area contributed by atoms with Crippen LogP contribution in [0, 0.1) is 0 Å². The lowest BCUT2D eigenvalue weighted by molar-refractivity contribution is 0.309. The van der Waals surface area contributed by atoms with Crippen molar-refractivity contribution in [3.63, 3.8) is 0 Å². The monoisotopic (exact) mass is 386 g/mol. The Kier molecular flexibility index (Phi) is 5.76. The molecule has 0 bridgehead atoms. The molecule has 4 aromatic rings. The normalized spacial score (nSPS) is 11.2. The summed E-state index contributed by atoms with van der Waals surface area (Å²) in [6.45, 7) is 2.88. The molecule has 29 heavy (non-hydrogen) atoms. The van der Waals surface area contributed by atoms with Gasteiger partial charge in [-0.25, -0.2) is 5.43 Å². The van der Waals surface area contributed by atoms with Crippen molar-refractivity contribution >= 4 is 22.9 Å². The summed E-state index contributed by atoms with van der Waals surface area (Å²) in [4.78, 5) is 0. The minimum absolute atomic E-state index is 0.442. The number of aromatic nitrogens is 4. The quantitative estimate of drug-likeness (QED) is 0.275. The van der Waals surface area contributed by atoms with Gasteiger partial charge in [0.15, 0.2) is 0 Å². The summed E-state index contributed by atoms with van der Waals surface area (Å²) in [7, 11) is 0. The number of anilines is 1. The fraction of sp³-hybridized carbons (Fsp3) is 0.182. The van der Waals surface area contributed by atoms with Crippen LogP contribution in [0.4, 0.5) is 5.95 Å². The SMILES string of the molecule is CCCCOc1ccc(/C=N/Nc2nnnn2-c2cccc3ccccc23)cc1. The van der Waals surface area contributed by atoms with Crippen LogP contribution < -0.4 is 10.2 Å². The first kappa shape index (κ1) is 18.6. The van der Waals surface area contributed by atoms with E-state index in [2.05, 4.69) is 45.1 Å². The fourth-order valence-electron chi connectivity index (χ4n) is 2.96. The predicted octanol–water partition coefficient (Wildman–Crippen LogP) is 4.44. The van der Waals surface area contributed by atoms with Crippen LogP contribution in [-0.4, -0.2) is 33.0 Å². The van der Waals surface area contributed by atoms with Crippen LogP contribution in [0.1, 0.15) is 25.3 Å². The third kappa shape index (κ3) is 4.40. The lowest BCUT2D eigenvalue weighted by Crippen LogP contribution is -2.04. The van der Waals surface area contributed by atoms with Gasteiger partial charge in [-0.15, -0.1) is 0 Å². The van der Waals surface area contributed by atoms with E-state index < -0.39 is 0 Å². The van der Waals surface area contributed by atoms with Gasteiger partial charge in [0.05, 0.1) is 18.5 Å². The van der Waals surface area contributed by atoms with Crippen LogP contribution in [0.5, 0.6) is 5.75 Å². The maximum absolute atomic E-state index is 5.67. The first-order valence-electron chi connectivity index (χ1n) is 9.63. The molecule has 0 atom stereocenters. The number of hydrogen-bond donors (Lipinski definition) is 1. The molecule has 3 aromatic carbocycles. The Balaban J connectivity index is 1.47. The van der Waals surface area contributed by atoms with Crippen LogP contribution in [0.3, 0.4) is 0 Å². The molecule has 0 aliphatic heterocycles. The van der Waals surface area contributed by atoms with Crippen molar-refractivity contribution in [2.75, 3.05) is 12.0 Å². The standard InChI is InChI=1S/C22H22N6O/c1-2-3-15-29-19-13-11-17(12-14-19)16-23-24-22-25-26-27-28(22)21-10-6-8-18-7-4-5-9-20(18)21/h4-14,16H,2-3,15H2,1H3,(H,24,25,27)/b23-16+. The van der Waals surface area contributed by atoms with Gasteiger partial charge in [0.25, 0.3) is 5.95 Å². The molecule has 4 rings (SSSR count). The summed E-state index contributed by atoms with van der Waals surface area (Å²) >= 11 is 0. The Morgan fingerprint density at radius 2 is 1.86 bits per heavy atom. The van der Waals surface area contributed by atoms with Gasteiger partial charge in [0.1, 0.15) is 5.75 Å². The number of fused-ring (bicyclic) bond motifs is 1. The second-order valence-electron chi connectivity index (χ2n) is 6.55. The van der Waals surface area contributed by atoms with Crippen molar-refractivity contribution in [2.24, 2.45) is 5.10 Å². The van der Waals surface area contributed by atoms with Crippen LogP contribution in [-0.2, 0) is 0 Å². The molecule has 0 radical (unpaired) electrons. The lowest BCUT2D eigenvalue weighted by Gasteiger charge is -2.07. The summed E-state index contributed by atoms with van der Waals surface area (Å²) in [6.07, 6.45) is 3.89. The number of nitrogens with one attached hydrogen (secondary N) is 1. The largest absolute Gasteiger partial charge is 0.494 e. The molecule has 0 amide bonds. The van der Waals surface area contributed by atoms with Crippen molar-refractivity contribution in [2.45, 2.75) is 19.8 Å². The Labute approximate surface area is 169 Å². The van der Waals surface area contributed by atoms with Crippen LogP contribution in [0.25, 0.3) is 16.5 Å². The lowest BCUT2D eigenvalue weighted by atomic mass is 10.1. The maximum atomic E-state index is 5.67. The molecule has 1 aromatic heterocycles. The van der Waals surface area contributed by atoms with Gasteiger partial charge in [-0.2, -0.15) is 9.78 Å². The van der Waals surface area contributed by atoms with Gasteiger partial charge < -0.3 is 4.74 Å². The molecular formula is C22H22N6O. The summed E-state index contributed by atoms with van der Waals surface area (Å²) in [5, 5.41) is 18.4. The molecule has 0 unspecified atom stereocenters. The number of hydrazone groups is 1. The average Bonchev–Trinajstić information content (AvgIpc) is 3.23. The molecule has 0 saturated heterocycles. The molecule has 0 aliphatic rings. The Morgan fingerprint density at radius 3 is 2.72 bits per heavy atom. The Hall–Kier alpha value is -3.74. The summed E-state index contributed by atoms with van der Waals surface area (Å²) in [6, 6.07) is 21.9. The van der Waals surface area contributed by atoms with E-state index in [0.29, 0.717) is 5.95 Å². The van der Waals surface area contributed by atoms with E-state index in [1.54, 1.807) is 10.9 Å². The van der Waals surface area contributed by atoms with E-state index in [4.69, 9.17) is 4.74 Å². The van der Waals surface area contributed by atoms with Gasteiger partial charge in [-0.3, -0.25) is 0 Å². The number of rotatable bonds is 8. The number of unbranched alkanes of at least 4 members (excludes halogenated alkanes) is 1. The van der Waals surface area contributed by atoms with E-state index in [1.807, 2.05) is 54.6 Å². The zero-order valence-electron chi connectivity index (χ0n) is 16.2. The van der Waals surface area contributed by atoms with Gasteiger partial charge in [0, 0.05) is 5.39 Å². The third-order valence-electron chi connectivity index (χ3n) is 4.49. The van der Waals surface area contributed by atoms with Crippen molar-refractivity contribution in [1.82, 2.24) is 20.2 Å². The molecule has 7 nitrogen and oxygen atoms in total. The van der Waals surface area contributed by atoms with Crippen molar-refractivity contribution in [3.05, 3.63) is 72.3 Å². The number of benzene rings is 3. The Bertz CT molecular complexity index is 1100.